The Bertz CT molecular complexity index is 620. The number of hydrogen-bond donors (Lipinski definition) is 2. The van der Waals surface area contributed by atoms with Crippen molar-refractivity contribution >= 4 is 43.5 Å². The molecule has 0 saturated heterocycles. The number of nitrogens with two attached hydrogens (primary N) is 1. The van der Waals surface area contributed by atoms with Gasteiger partial charge in [0.1, 0.15) is 0 Å². The third-order valence-corrected chi connectivity index (χ3v) is 5.46. The lowest BCUT2D eigenvalue weighted by atomic mass is 10.2. The van der Waals surface area contributed by atoms with E-state index in [1.807, 2.05) is 0 Å². The minimum absolute atomic E-state index is 0.123. The summed E-state index contributed by atoms with van der Waals surface area (Å²) >= 11 is 8.98. The Labute approximate surface area is 138 Å². The number of unbranched alkanes of at least 4 members (excludes halogenated alkanes) is 3. The lowest BCUT2D eigenvalue weighted by Gasteiger charge is -2.09. The van der Waals surface area contributed by atoms with E-state index >= 15 is 0 Å². The van der Waals surface area contributed by atoms with Crippen LogP contribution >= 0.6 is 27.5 Å². The number of carbonyl (C=O) groups is 1. The highest BCUT2D eigenvalue weighted by molar-refractivity contribution is 9.10. The molecule has 8 heteroatoms. The van der Waals surface area contributed by atoms with Crippen LogP contribution in [0.4, 0.5) is 0 Å². The van der Waals surface area contributed by atoms with E-state index in [0.29, 0.717) is 6.54 Å². The standard InChI is InChI=1S/C13H18BrClN2O3S/c1-2-3-4-5-6-17-13(18)9-7-10(15)12(14)11(8-9)21(16,19)20/h7-8H,2-6H2,1H3,(H,17,18)(H2,16,19,20). The minimum atomic E-state index is -3.96. The fourth-order valence-corrected chi connectivity index (χ4v) is 3.59. The van der Waals surface area contributed by atoms with Crippen LogP contribution in [0.5, 0.6) is 0 Å². The van der Waals surface area contributed by atoms with Crippen molar-refractivity contribution in [3.05, 3.63) is 27.2 Å². The smallest absolute Gasteiger partial charge is 0.251 e. The van der Waals surface area contributed by atoms with Crippen LogP contribution in [0.2, 0.25) is 5.02 Å². The predicted octanol–water partition coefficient (Wildman–Crippen LogP) is 3.06. The van der Waals surface area contributed by atoms with Gasteiger partial charge in [-0.15, -0.1) is 0 Å². The van der Waals surface area contributed by atoms with Crippen molar-refractivity contribution in [3.63, 3.8) is 0 Å². The van der Waals surface area contributed by atoms with E-state index in [1.165, 1.54) is 12.1 Å². The maximum absolute atomic E-state index is 12.0. The van der Waals surface area contributed by atoms with Gasteiger partial charge in [0.25, 0.3) is 5.91 Å². The largest absolute Gasteiger partial charge is 0.352 e. The van der Waals surface area contributed by atoms with Crippen molar-refractivity contribution in [1.29, 1.82) is 0 Å². The lowest BCUT2D eigenvalue weighted by Crippen LogP contribution is -2.25. The van der Waals surface area contributed by atoms with Crippen LogP contribution in [-0.4, -0.2) is 20.9 Å². The highest BCUT2D eigenvalue weighted by Gasteiger charge is 2.19. The minimum Gasteiger partial charge on any atom is -0.352 e. The molecule has 0 radical (unpaired) electrons. The zero-order valence-electron chi connectivity index (χ0n) is 11.7. The summed E-state index contributed by atoms with van der Waals surface area (Å²) in [5, 5.41) is 7.96. The molecular weight excluding hydrogens is 380 g/mol. The van der Waals surface area contributed by atoms with Gasteiger partial charge in [-0.05, 0) is 34.5 Å². The zero-order chi connectivity index (χ0) is 16.0. The number of sulfonamides is 1. The lowest BCUT2D eigenvalue weighted by molar-refractivity contribution is 0.0952. The summed E-state index contributed by atoms with van der Waals surface area (Å²) in [6.45, 7) is 2.65. The second-order valence-corrected chi connectivity index (χ2v) is 7.36. The van der Waals surface area contributed by atoms with Crippen molar-refractivity contribution in [2.75, 3.05) is 6.54 Å². The molecule has 1 aromatic rings. The first-order chi connectivity index (χ1) is 9.77. The van der Waals surface area contributed by atoms with E-state index < -0.39 is 10.0 Å². The van der Waals surface area contributed by atoms with Crippen LogP contribution < -0.4 is 10.5 Å². The van der Waals surface area contributed by atoms with Gasteiger partial charge in [0.05, 0.1) is 14.4 Å². The number of amides is 1. The van der Waals surface area contributed by atoms with Crippen molar-refractivity contribution in [2.45, 2.75) is 37.5 Å². The third-order valence-electron chi connectivity index (χ3n) is 2.88. The summed E-state index contributed by atoms with van der Waals surface area (Å²) in [6.07, 6.45) is 4.16. The van der Waals surface area contributed by atoms with Gasteiger partial charge in [-0.1, -0.05) is 37.8 Å². The molecule has 0 aromatic heterocycles. The van der Waals surface area contributed by atoms with Gasteiger partial charge < -0.3 is 5.32 Å². The molecule has 0 aliphatic rings. The van der Waals surface area contributed by atoms with Crippen LogP contribution in [0.3, 0.4) is 0 Å². The summed E-state index contributed by atoms with van der Waals surface area (Å²) in [6, 6.07) is 2.62. The molecule has 0 fully saturated rings. The molecule has 5 nitrogen and oxygen atoms in total. The number of primary sulfonamides is 1. The molecule has 0 spiro atoms. The summed E-state index contributed by atoms with van der Waals surface area (Å²) in [5.41, 5.74) is 0.169. The normalized spacial score (nSPS) is 11.4. The number of carbonyl (C=O) groups excluding carboxylic acids is 1. The third kappa shape index (κ3) is 5.58. The van der Waals surface area contributed by atoms with Crippen molar-refractivity contribution in [2.24, 2.45) is 5.14 Å². The number of rotatable bonds is 7. The first-order valence-electron chi connectivity index (χ1n) is 6.57. The molecule has 0 atom stereocenters. The Morgan fingerprint density at radius 3 is 2.57 bits per heavy atom. The number of halogens is 2. The summed E-state index contributed by atoms with van der Waals surface area (Å²) < 4.78 is 23.1. The molecule has 0 saturated carbocycles. The SMILES string of the molecule is CCCCCCNC(=O)c1cc(Cl)c(Br)c(S(N)(=O)=O)c1. The van der Waals surface area contributed by atoms with Crippen molar-refractivity contribution < 1.29 is 13.2 Å². The highest BCUT2D eigenvalue weighted by atomic mass is 79.9. The van der Waals surface area contributed by atoms with Gasteiger partial charge in [-0.2, -0.15) is 0 Å². The molecule has 0 bridgehead atoms. The predicted molar refractivity (Wildman–Crippen MR) is 87.0 cm³/mol. The second-order valence-electron chi connectivity index (χ2n) is 4.63. The maximum atomic E-state index is 12.0. The summed E-state index contributed by atoms with van der Waals surface area (Å²) in [4.78, 5) is 11.8. The number of benzene rings is 1. The number of nitrogens with one attached hydrogen (secondary N) is 1. The average Bonchev–Trinajstić information content (AvgIpc) is 2.39. The van der Waals surface area contributed by atoms with E-state index in [-0.39, 0.29) is 25.9 Å². The monoisotopic (exact) mass is 396 g/mol. The highest BCUT2D eigenvalue weighted by Crippen LogP contribution is 2.30. The Kier molecular flexibility index (Phi) is 7.12. The summed E-state index contributed by atoms with van der Waals surface area (Å²) in [7, 11) is -3.96. The van der Waals surface area contributed by atoms with Gasteiger partial charge in [0.15, 0.2) is 0 Å². The molecule has 1 rings (SSSR count). The fraction of sp³-hybridized carbons (Fsp3) is 0.462. The summed E-state index contributed by atoms with van der Waals surface area (Å²) in [5.74, 6) is -0.370. The van der Waals surface area contributed by atoms with E-state index in [2.05, 4.69) is 28.2 Å². The van der Waals surface area contributed by atoms with Crippen molar-refractivity contribution in [3.8, 4) is 0 Å². The van der Waals surface area contributed by atoms with Gasteiger partial charge in [0.2, 0.25) is 10.0 Å². The quantitative estimate of drug-likeness (QED) is 0.693. The van der Waals surface area contributed by atoms with Crippen LogP contribution in [-0.2, 0) is 10.0 Å². The number of hydrogen-bond acceptors (Lipinski definition) is 3. The van der Waals surface area contributed by atoms with Crippen LogP contribution in [0.25, 0.3) is 0 Å². The van der Waals surface area contributed by atoms with Gasteiger partial charge in [-0.3, -0.25) is 4.79 Å². The molecular formula is C13H18BrClN2O3S. The van der Waals surface area contributed by atoms with Crippen LogP contribution in [0.15, 0.2) is 21.5 Å². The molecule has 0 aliphatic carbocycles. The van der Waals surface area contributed by atoms with Crippen LogP contribution in [0.1, 0.15) is 43.0 Å². The molecule has 1 amide bonds. The Morgan fingerprint density at radius 2 is 2.00 bits per heavy atom. The van der Waals surface area contributed by atoms with E-state index in [4.69, 9.17) is 16.7 Å². The van der Waals surface area contributed by atoms with E-state index in [0.717, 1.165) is 25.7 Å². The van der Waals surface area contributed by atoms with Gasteiger partial charge >= 0.3 is 0 Å². The zero-order valence-corrected chi connectivity index (χ0v) is 14.8. The van der Waals surface area contributed by atoms with Crippen LogP contribution in [0, 0.1) is 0 Å². The molecule has 0 unspecified atom stereocenters. The fourth-order valence-electron chi connectivity index (χ4n) is 1.76. The molecule has 0 heterocycles. The molecule has 21 heavy (non-hydrogen) atoms. The van der Waals surface area contributed by atoms with Gasteiger partial charge in [0, 0.05) is 12.1 Å². The molecule has 3 N–H and O–H groups in total. The average molecular weight is 398 g/mol. The Balaban J connectivity index is 2.84. The molecule has 1 aromatic carbocycles. The first-order valence-corrected chi connectivity index (χ1v) is 9.29. The topological polar surface area (TPSA) is 89.3 Å². The van der Waals surface area contributed by atoms with Crippen molar-refractivity contribution in [1.82, 2.24) is 5.32 Å². The van der Waals surface area contributed by atoms with E-state index in [9.17, 15) is 13.2 Å². The molecule has 118 valence electrons. The second kappa shape index (κ2) is 8.12. The maximum Gasteiger partial charge on any atom is 0.251 e. The Hall–Kier alpha value is -0.630. The molecule has 0 aliphatic heterocycles. The van der Waals surface area contributed by atoms with E-state index in [1.54, 1.807) is 0 Å². The first kappa shape index (κ1) is 18.4. The van der Waals surface area contributed by atoms with Gasteiger partial charge in [-0.25, -0.2) is 13.6 Å². The Morgan fingerprint density at radius 1 is 1.33 bits per heavy atom.